The summed E-state index contributed by atoms with van der Waals surface area (Å²) < 4.78 is 0. The summed E-state index contributed by atoms with van der Waals surface area (Å²) in [4.78, 5) is 4.45. The molecule has 0 saturated heterocycles. The molecule has 1 aliphatic rings. The van der Waals surface area contributed by atoms with Crippen LogP contribution in [0.3, 0.4) is 0 Å². The highest BCUT2D eigenvalue weighted by molar-refractivity contribution is 7.09. The fraction of sp³-hybridized carbons (Fsp3) is 0.750. The molecule has 0 amide bonds. The van der Waals surface area contributed by atoms with Crippen molar-refractivity contribution in [2.24, 2.45) is 5.92 Å². The number of thiazole rings is 1. The fourth-order valence-electron chi connectivity index (χ4n) is 2.75. The van der Waals surface area contributed by atoms with Crippen LogP contribution in [-0.2, 0) is 6.42 Å². The van der Waals surface area contributed by atoms with Crippen molar-refractivity contribution in [2.75, 3.05) is 0 Å². The number of rotatable bonds is 3. The van der Waals surface area contributed by atoms with E-state index in [2.05, 4.69) is 17.3 Å². The van der Waals surface area contributed by atoms with Gasteiger partial charge in [0.05, 0.1) is 16.3 Å². The van der Waals surface area contributed by atoms with Gasteiger partial charge in [-0.2, -0.15) is 0 Å². The highest BCUT2D eigenvalue weighted by atomic mass is 32.1. The molecule has 1 saturated carbocycles. The van der Waals surface area contributed by atoms with Gasteiger partial charge in [0.1, 0.15) is 0 Å². The Morgan fingerprint density at radius 2 is 2.47 bits per heavy atom. The third kappa shape index (κ3) is 2.23. The van der Waals surface area contributed by atoms with Crippen LogP contribution in [0.1, 0.15) is 43.3 Å². The molecule has 1 aromatic rings. The molecule has 0 spiro atoms. The van der Waals surface area contributed by atoms with Crippen molar-refractivity contribution >= 4 is 11.3 Å². The lowest BCUT2D eigenvalue weighted by Gasteiger charge is -2.28. The first kappa shape index (κ1) is 11.1. The zero-order valence-corrected chi connectivity index (χ0v) is 10.3. The van der Waals surface area contributed by atoms with E-state index in [4.69, 9.17) is 0 Å². The SMILES string of the molecule is CCC1CCCC1(O)Cc1csc(C)n1. The topological polar surface area (TPSA) is 33.1 Å². The number of aryl methyl sites for hydroxylation is 1. The Labute approximate surface area is 95.4 Å². The van der Waals surface area contributed by atoms with Crippen LogP contribution in [0.4, 0.5) is 0 Å². The summed E-state index contributed by atoms with van der Waals surface area (Å²) in [6, 6.07) is 0. The molecule has 84 valence electrons. The zero-order valence-electron chi connectivity index (χ0n) is 9.49. The number of aliphatic hydroxyl groups is 1. The quantitative estimate of drug-likeness (QED) is 0.858. The lowest BCUT2D eigenvalue weighted by Crippen LogP contribution is -2.35. The maximum absolute atomic E-state index is 10.6. The van der Waals surface area contributed by atoms with E-state index in [1.54, 1.807) is 11.3 Å². The predicted molar refractivity (Wildman–Crippen MR) is 63.1 cm³/mol. The summed E-state index contributed by atoms with van der Waals surface area (Å²) in [5, 5.41) is 13.8. The largest absolute Gasteiger partial charge is 0.389 e. The Hall–Kier alpha value is -0.410. The molecule has 0 aliphatic heterocycles. The van der Waals surface area contributed by atoms with E-state index in [1.165, 1.54) is 6.42 Å². The third-order valence-corrected chi connectivity index (χ3v) is 4.39. The molecule has 2 unspecified atom stereocenters. The predicted octanol–water partition coefficient (Wildman–Crippen LogP) is 2.94. The number of nitrogens with zero attached hydrogens (tertiary/aromatic N) is 1. The second-order valence-electron chi connectivity index (χ2n) is 4.64. The first-order valence-corrected chi connectivity index (χ1v) is 6.65. The average Bonchev–Trinajstić information content (AvgIpc) is 2.73. The smallest absolute Gasteiger partial charge is 0.0897 e. The maximum atomic E-state index is 10.6. The van der Waals surface area contributed by atoms with Crippen LogP contribution in [0.2, 0.25) is 0 Å². The zero-order chi connectivity index (χ0) is 10.9. The first-order chi connectivity index (χ1) is 7.14. The molecule has 1 fully saturated rings. The van der Waals surface area contributed by atoms with Crippen LogP contribution >= 0.6 is 11.3 Å². The normalized spacial score (nSPS) is 31.0. The summed E-state index contributed by atoms with van der Waals surface area (Å²) >= 11 is 1.67. The van der Waals surface area contributed by atoms with E-state index in [-0.39, 0.29) is 0 Å². The molecule has 0 bridgehead atoms. The molecular formula is C12H19NOS. The van der Waals surface area contributed by atoms with E-state index >= 15 is 0 Å². The standard InChI is InChI=1S/C12H19NOS/c1-3-10-5-4-6-12(10,14)7-11-8-15-9(2)13-11/h8,10,14H,3-7H2,1-2H3. The third-order valence-electron chi connectivity index (χ3n) is 3.57. The van der Waals surface area contributed by atoms with E-state index in [1.807, 2.05) is 6.92 Å². The molecule has 1 N–H and O–H groups in total. The summed E-state index contributed by atoms with van der Waals surface area (Å²) in [5.41, 5.74) is 0.593. The minimum atomic E-state index is -0.477. The second kappa shape index (κ2) is 4.22. The van der Waals surface area contributed by atoms with Gasteiger partial charge in [0.2, 0.25) is 0 Å². The van der Waals surface area contributed by atoms with E-state index in [9.17, 15) is 5.11 Å². The van der Waals surface area contributed by atoms with Crippen molar-refractivity contribution < 1.29 is 5.11 Å². The summed E-state index contributed by atoms with van der Waals surface area (Å²) in [6.07, 6.45) is 5.12. The Balaban J connectivity index is 2.09. The lowest BCUT2D eigenvalue weighted by atomic mass is 9.85. The van der Waals surface area contributed by atoms with Crippen LogP contribution in [0.25, 0.3) is 0 Å². The Bertz CT molecular complexity index is 336. The lowest BCUT2D eigenvalue weighted by molar-refractivity contribution is 0.000743. The van der Waals surface area contributed by atoms with Crippen LogP contribution in [0.15, 0.2) is 5.38 Å². The Morgan fingerprint density at radius 3 is 3.07 bits per heavy atom. The molecular weight excluding hydrogens is 206 g/mol. The van der Waals surface area contributed by atoms with Crippen LogP contribution < -0.4 is 0 Å². The first-order valence-electron chi connectivity index (χ1n) is 5.77. The van der Waals surface area contributed by atoms with Gasteiger partial charge < -0.3 is 5.11 Å². The fourth-order valence-corrected chi connectivity index (χ4v) is 3.36. The monoisotopic (exact) mass is 225 g/mol. The number of hydrogen-bond acceptors (Lipinski definition) is 3. The van der Waals surface area contributed by atoms with E-state index in [0.717, 1.165) is 36.4 Å². The van der Waals surface area contributed by atoms with Gasteiger partial charge in [-0.25, -0.2) is 4.98 Å². The highest BCUT2D eigenvalue weighted by Gasteiger charge is 2.40. The van der Waals surface area contributed by atoms with Crippen LogP contribution in [-0.4, -0.2) is 15.7 Å². The molecule has 1 aromatic heterocycles. The van der Waals surface area contributed by atoms with Gasteiger partial charge in [-0.3, -0.25) is 0 Å². The Morgan fingerprint density at radius 1 is 1.67 bits per heavy atom. The molecule has 3 heteroatoms. The van der Waals surface area contributed by atoms with Crippen molar-refractivity contribution in [3.63, 3.8) is 0 Å². The second-order valence-corrected chi connectivity index (χ2v) is 5.70. The molecule has 2 atom stereocenters. The average molecular weight is 225 g/mol. The summed E-state index contributed by atoms with van der Waals surface area (Å²) in [6.45, 7) is 4.19. The molecule has 2 rings (SSSR count). The van der Waals surface area contributed by atoms with E-state index < -0.39 is 5.60 Å². The minimum Gasteiger partial charge on any atom is -0.389 e. The van der Waals surface area contributed by atoms with Crippen molar-refractivity contribution in [3.8, 4) is 0 Å². The number of aromatic nitrogens is 1. The maximum Gasteiger partial charge on any atom is 0.0897 e. The van der Waals surface area contributed by atoms with Crippen molar-refractivity contribution in [3.05, 3.63) is 16.1 Å². The minimum absolute atomic E-state index is 0.472. The summed E-state index contributed by atoms with van der Waals surface area (Å²) in [5.74, 6) is 0.472. The molecule has 15 heavy (non-hydrogen) atoms. The molecule has 1 aliphatic carbocycles. The highest BCUT2D eigenvalue weighted by Crippen LogP contribution is 2.40. The van der Waals surface area contributed by atoms with Gasteiger partial charge in [-0.1, -0.05) is 19.8 Å². The Kier molecular flexibility index (Phi) is 3.12. The van der Waals surface area contributed by atoms with Gasteiger partial charge in [0, 0.05) is 11.8 Å². The van der Waals surface area contributed by atoms with Gasteiger partial charge >= 0.3 is 0 Å². The van der Waals surface area contributed by atoms with Gasteiger partial charge in [-0.15, -0.1) is 11.3 Å². The molecule has 0 aromatic carbocycles. The van der Waals surface area contributed by atoms with E-state index in [0.29, 0.717) is 5.92 Å². The van der Waals surface area contributed by atoms with Gasteiger partial charge in [-0.05, 0) is 25.7 Å². The molecule has 1 heterocycles. The van der Waals surface area contributed by atoms with Crippen LogP contribution in [0, 0.1) is 12.8 Å². The van der Waals surface area contributed by atoms with Crippen molar-refractivity contribution in [1.82, 2.24) is 4.98 Å². The van der Waals surface area contributed by atoms with Gasteiger partial charge in [0.25, 0.3) is 0 Å². The van der Waals surface area contributed by atoms with Crippen molar-refractivity contribution in [2.45, 2.75) is 51.6 Å². The number of hydrogen-bond donors (Lipinski definition) is 1. The molecule has 0 radical (unpaired) electrons. The van der Waals surface area contributed by atoms with Crippen molar-refractivity contribution in [1.29, 1.82) is 0 Å². The van der Waals surface area contributed by atoms with Crippen LogP contribution in [0.5, 0.6) is 0 Å². The van der Waals surface area contributed by atoms with Gasteiger partial charge in [0.15, 0.2) is 0 Å². The summed E-state index contributed by atoms with van der Waals surface area (Å²) in [7, 11) is 0. The molecule has 2 nitrogen and oxygen atoms in total.